The van der Waals surface area contributed by atoms with Crippen molar-refractivity contribution >= 4 is 27.8 Å². The summed E-state index contributed by atoms with van der Waals surface area (Å²) in [4.78, 5) is 24.9. The second-order valence-corrected chi connectivity index (χ2v) is 8.63. The van der Waals surface area contributed by atoms with Crippen molar-refractivity contribution < 1.29 is 14.3 Å². The lowest BCUT2D eigenvalue weighted by Gasteiger charge is -2.26. The Labute approximate surface area is 183 Å². The Bertz CT molecular complexity index is 1110. The maximum Gasteiger partial charge on any atom is 0.407 e. The average Bonchev–Trinajstić information content (AvgIpc) is 3.08. The number of alkyl carbamates (subject to hydrolysis) is 1. The van der Waals surface area contributed by atoms with Gasteiger partial charge < -0.3 is 10.1 Å². The number of carbonyl (C=O) groups excluding carboxylic acids is 2. The summed E-state index contributed by atoms with van der Waals surface area (Å²) in [7, 11) is 0. The summed E-state index contributed by atoms with van der Waals surface area (Å²) in [6.45, 7) is 0.276. The van der Waals surface area contributed by atoms with Gasteiger partial charge in [0.25, 0.3) is 0 Å². The van der Waals surface area contributed by atoms with E-state index in [1.807, 2.05) is 42.5 Å². The smallest absolute Gasteiger partial charge is 0.407 e. The van der Waals surface area contributed by atoms with E-state index in [0.717, 1.165) is 10.0 Å². The lowest BCUT2D eigenvalue weighted by Crippen LogP contribution is -2.33. The molecule has 0 saturated carbocycles. The number of hydrogen-bond donors (Lipinski definition) is 1. The SMILES string of the molecule is O=C(NC1CCC(=O)c2cc(Br)ccc21)OCC1c2ccccc2-c2ccccc21. The fourth-order valence-corrected chi connectivity index (χ4v) is 4.93. The summed E-state index contributed by atoms with van der Waals surface area (Å²) in [5, 5.41) is 2.96. The van der Waals surface area contributed by atoms with Crippen LogP contribution in [0.15, 0.2) is 71.2 Å². The zero-order chi connectivity index (χ0) is 20.7. The summed E-state index contributed by atoms with van der Waals surface area (Å²) >= 11 is 3.41. The highest BCUT2D eigenvalue weighted by molar-refractivity contribution is 9.10. The van der Waals surface area contributed by atoms with E-state index in [1.54, 1.807) is 0 Å². The van der Waals surface area contributed by atoms with Crippen molar-refractivity contribution in [3.8, 4) is 11.1 Å². The first-order valence-corrected chi connectivity index (χ1v) is 10.9. The van der Waals surface area contributed by atoms with Crippen LogP contribution in [0.5, 0.6) is 0 Å². The van der Waals surface area contributed by atoms with Crippen LogP contribution >= 0.6 is 15.9 Å². The van der Waals surface area contributed by atoms with Crippen LogP contribution in [0.1, 0.15) is 51.8 Å². The highest BCUT2D eigenvalue weighted by Crippen LogP contribution is 2.44. The van der Waals surface area contributed by atoms with Crippen LogP contribution in [0.4, 0.5) is 4.79 Å². The third-order valence-corrected chi connectivity index (χ3v) is 6.48. The Hall–Kier alpha value is -2.92. The van der Waals surface area contributed by atoms with E-state index in [0.29, 0.717) is 18.4 Å². The zero-order valence-electron chi connectivity index (χ0n) is 16.2. The number of fused-ring (bicyclic) bond motifs is 4. The topological polar surface area (TPSA) is 55.4 Å². The average molecular weight is 462 g/mol. The van der Waals surface area contributed by atoms with Gasteiger partial charge in [0.05, 0.1) is 6.04 Å². The maximum atomic E-state index is 12.6. The summed E-state index contributed by atoms with van der Waals surface area (Å²) in [6, 6.07) is 21.9. The Balaban J connectivity index is 1.31. The van der Waals surface area contributed by atoms with Crippen LogP contribution in [-0.4, -0.2) is 18.5 Å². The highest BCUT2D eigenvalue weighted by Gasteiger charge is 2.30. The van der Waals surface area contributed by atoms with Gasteiger partial charge in [0.1, 0.15) is 6.61 Å². The molecule has 5 rings (SSSR count). The largest absolute Gasteiger partial charge is 0.449 e. The fourth-order valence-electron chi connectivity index (χ4n) is 4.57. The number of halogens is 1. The molecule has 4 nitrogen and oxygen atoms in total. The van der Waals surface area contributed by atoms with Gasteiger partial charge in [0.2, 0.25) is 0 Å². The molecule has 0 aliphatic heterocycles. The number of Topliss-reactive ketones (excluding diaryl/α,β-unsaturated/α-hetero) is 1. The van der Waals surface area contributed by atoms with E-state index in [-0.39, 0.29) is 24.3 Å². The van der Waals surface area contributed by atoms with Crippen LogP contribution in [-0.2, 0) is 4.74 Å². The first kappa shape index (κ1) is 19.1. The molecule has 5 heteroatoms. The molecule has 0 radical (unpaired) electrons. The molecule has 0 aromatic heterocycles. The van der Waals surface area contributed by atoms with Gasteiger partial charge in [-0.2, -0.15) is 0 Å². The Morgan fingerprint density at radius 3 is 2.30 bits per heavy atom. The molecule has 150 valence electrons. The van der Waals surface area contributed by atoms with Crippen molar-refractivity contribution in [3.05, 3.63) is 93.5 Å². The standard InChI is InChI=1S/C25H20BrNO3/c26-15-9-10-20-21(13-15)24(28)12-11-23(20)27-25(29)30-14-22-18-7-3-1-5-16(18)17-6-2-4-8-19(17)22/h1-10,13,22-23H,11-12,14H2,(H,27,29). The third kappa shape index (κ3) is 3.33. The van der Waals surface area contributed by atoms with E-state index in [2.05, 4.69) is 45.5 Å². The molecule has 1 N–H and O–H groups in total. The molecule has 2 aliphatic rings. The molecule has 0 spiro atoms. The molecule has 0 saturated heterocycles. The Kier molecular flexibility index (Phi) is 4.91. The minimum Gasteiger partial charge on any atom is -0.449 e. The molecular formula is C25H20BrNO3. The number of rotatable bonds is 3. The maximum absolute atomic E-state index is 12.6. The van der Waals surface area contributed by atoms with E-state index in [1.165, 1.54) is 22.3 Å². The molecule has 0 fully saturated rings. The minimum absolute atomic E-state index is 0.0272. The number of amides is 1. The molecule has 1 amide bonds. The van der Waals surface area contributed by atoms with E-state index >= 15 is 0 Å². The lowest BCUT2D eigenvalue weighted by molar-refractivity contribution is 0.0957. The molecule has 0 heterocycles. The minimum atomic E-state index is -0.454. The first-order chi connectivity index (χ1) is 14.6. The fraction of sp³-hybridized carbons (Fsp3) is 0.200. The molecule has 30 heavy (non-hydrogen) atoms. The van der Waals surface area contributed by atoms with E-state index in [4.69, 9.17) is 4.74 Å². The van der Waals surface area contributed by atoms with Crippen molar-refractivity contribution in [3.63, 3.8) is 0 Å². The van der Waals surface area contributed by atoms with E-state index in [9.17, 15) is 9.59 Å². The normalized spacial score (nSPS) is 17.1. The summed E-state index contributed by atoms with van der Waals surface area (Å²) in [6.07, 6.45) is 0.542. The molecule has 3 aromatic rings. The van der Waals surface area contributed by atoms with Crippen LogP contribution in [0, 0.1) is 0 Å². The molecule has 2 aliphatic carbocycles. The van der Waals surface area contributed by atoms with Crippen LogP contribution in [0.2, 0.25) is 0 Å². The quantitative estimate of drug-likeness (QED) is 0.519. The molecule has 0 bridgehead atoms. The lowest BCUT2D eigenvalue weighted by atomic mass is 9.87. The Morgan fingerprint density at radius 2 is 1.60 bits per heavy atom. The van der Waals surface area contributed by atoms with Crippen molar-refractivity contribution in [1.29, 1.82) is 0 Å². The predicted molar refractivity (Wildman–Crippen MR) is 119 cm³/mol. The monoisotopic (exact) mass is 461 g/mol. The first-order valence-electron chi connectivity index (χ1n) is 10.1. The highest BCUT2D eigenvalue weighted by atomic mass is 79.9. The van der Waals surface area contributed by atoms with Gasteiger partial charge in [-0.15, -0.1) is 0 Å². The molecular weight excluding hydrogens is 442 g/mol. The number of benzene rings is 3. The van der Waals surface area contributed by atoms with Crippen molar-refractivity contribution in [1.82, 2.24) is 5.32 Å². The number of ketones is 1. The third-order valence-electron chi connectivity index (χ3n) is 5.99. The predicted octanol–water partition coefficient (Wildman–Crippen LogP) is 6.01. The second kappa shape index (κ2) is 7.73. The number of nitrogens with one attached hydrogen (secondary N) is 1. The van der Waals surface area contributed by atoms with Crippen LogP contribution < -0.4 is 5.32 Å². The van der Waals surface area contributed by atoms with Crippen LogP contribution in [0.25, 0.3) is 11.1 Å². The van der Waals surface area contributed by atoms with Crippen molar-refractivity contribution in [2.75, 3.05) is 6.61 Å². The molecule has 1 atom stereocenters. The number of ether oxygens (including phenoxy) is 1. The van der Waals surface area contributed by atoms with Crippen molar-refractivity contribution in [2.24, 2.45) is 0 Å². The van der Waals surface area contributed by atoms with Crippen molar-refractivity contribution in [2.45, 2.75) is 24.8 Å². The van der Waals surface area contributed by atoms with Gasteiger partial charge in [-0.1, -0.05) is 70.5 Å². The summed E-state index contributed by atoms with van der Waals surface area (Å²) < 4.78 is 6.52. The van der Waals surface area contributed by atoms with Gasteiger partial charge in [-0.05, 0) is 46.4 Å². The number of hydrogen-bond acceptors (Lipinski definition) is 3. The van der Waals surface area contributed by atoms with Gasteiger partial charge in [0.15, 0.2) is 5.78 Å². The van der Waals surface area contributed by atoms with Crippen LogP contribution in [0.3, 0.4) is 0 Å². The molecule has 1 unspecified atom stereocenters. The van der Waals surface area contributed by atoms with Gasteiger partial charge >= 0.3 is 6.09 Å². The van der Waals surface area contributed by atoms with Gasteiger partial charge in [0, 0.05) is 22.4 Å². The second-order valence-electron chi connectivity index (χ2n) is 7.72. The summed E-state index contributed by atoms with van der Waals surface area (Å²) in [5.74, 6) is 0.135. The van der Waals surface area contributed by atoms with Gasteiger partial charge in [-0.3, -0.25) is 4.79 Å². The van der Waals surface area contributed by atoms with E-state index < -0.39 is 6.09 Å². The summed E-state index contributed by atoms with van der Waals surface area (Å²) in [5.41, 5.74) is 6.29. The Morgan fingerprint density at radius 1 is 0.933 bits per heavy atom. The molecule has 3 aromatic carbocycles. The van der Waals surface area contributed by atoms with Gasteiger partial charge in [-0.25, -0.2) is 4.79 Å². The number of carbonyl (C=O) groups is 2. The zero-order valence-corrected chi connectivity index (χ0v) is 17.8.